The lowest BCUT2D eigenvalue weighted by Crippen LogP contribution is -2.48. The number of para-hydroxylation sites is 1. The molecule has 0 saturated heterocycles. The van der Waals surface area contributed by atoms with Gasteiger partial charge in [-0.25, -0.2) is 0 Å². The minimum Gasteiger partial charge on any atom is -0.457 e. The Hall–Kier alpha value is -3.35. The smallest absolute Gasteiger partial charge is 0.251 e. The molecule has 2 aromatic carbocycles. The highest BCUT2D eigenvalue weighted by atomic mass is 16.5. The Labute approximate surface area is 164 Å². The molecule has 0 aliphatic heterocycles. The molecule has 0 fully saturated rings. The van der Waals surface area contributed by atoms with Gasteiger partial charge in [0.25, 0.3) is 5.91 Å². The molecule has 0 heterocycles. The number of amides is 3. The monoisotopic (exact) mass is 383 g/mol. The van der Waals surface area contributed by atoms with E-state index in [0.717, 1.165) is 6.42 Å². The van der Waals surface area contributed by atoms with Gasteiger partial charge in [0, 0.05) is 12.1 Å². The molecule has 148 valence electrons. The van der Waals surface area contributed by atoms with E-state index < -0.39 is 11.9 Å². The molecule has 2 aromatic rings. The average molecular weight is 383 g/mol. The lowest BCUT2D eigenvalue weighted by Gasteiger charge is -2.14. The summed E-state index contributed by atoms with van der Waals surface area (Å²) in [6, 6.07) is 15.3. The Bertz CT molecular complexity index is 791. The maximum atomic E-state index is 12.2. The number of hydrogen-bond donors (Lipinski definition) is 3. The summed E-state index contributed by atoms with van der Waals surface area (Å²) in [6.07, 6.45) is 0.817. The number of carbonyl (C=O) groups is 3. The van der Waals surface area contributed by atoms with Gasteiger partial charge < -0.3 is 20.7 Å². The Kier molecular flexibility index (Phi) is 8.02. The summed E-state index contributed by atoms with van der Waals surface area (Å²) in [7, 11) is 0. The van der Waals surface area contributed by atoms with Gasteiger partial charge in [-0.1, -0.05) is 25.1 Å². The molecule has 2 rings (SSSR count). The van der Waals surface area contributed by atoms with Crippen molar-refractivity contribution in [1.29, 1.82) is 0 Å². The second kappa shape index (κ2) is 10.7. The molecule has 28 heavy (non-hydrogen) atoms. The van der Waals surface area contributed by atoms with Crippen LogP contribution in [0.2, 0.25) is 0 Å². The van der Waals surface area contributed by atoms with Crippen LogP contribution in [0.5, 0.6) is 11.5 Å². The second-order valence-corrected chi connectivity index (χ2v) is 6.20. The van der Waals surface area contributed by atoms with Gasteiger partial charge in [-0.3, -0.25) is 14.4 Å². The molecule has 0 radical (unpaired) electrons. The molecule has 3 amide bonds. The summed E-state index contributed by atoms with van der Waals surface area (Å²) < 4.78 is 5.67. The van der Waals surface area contributed by atoms with Crippen LogP contribution in [-0.2, 0) is 9.59 Å². The predicted molar refractivity (Wildman–Crippen MR) is 106 cm³/mol. The predicted octanol–water partition coefficient (Wildman–Crippen LogP) is 2.24. The van der Waals surface area contributed by atoms with Crippen molar-refractivity contribution in [2.24, 2.45) is 0 Å². The summed E-state index contributed by atoms with van der Waals surface area (Å²) in [5.41, 5.74) is 0.405. The zero-order chi connectivity index (χ0) is 20.4. The van der Waals surface area contributed by atoms with Crippen LogP contribution in [0.3, 0.4) is 0 Å². The van der Waals surface area contributed by atoms with Gasteiger partial charge in [0.15, 0.2) is 0 Å². The molecule has 7 nitrogen and oxygen atoms in total. The first kappa shape index (κ1) is 21.0. The Morgan fingerprint density at radius 3 is 2.21 bits per heavy atom. The third-order valence-electron chi connectivity index (χ3n) is 3.82. The van der Waals surface area contributed by atoms with Crippen LogP contribution >= 0.6 is 0 Å². The van der Waals surface area contributed by atoms with E-state index in [0.29, 0.717) is 23.6 Å². The number of nitrogens with one attached hydrogen (secondary N) is 3. The number of ether oxygens (including phenoxy) is 1. The first-order valence-corrected chi connectivity index (χ1v) is 9.18. The van der Waals surface area contributed by atoms with Crippen LogP contribution in [0.4, 0.5) is 0 Å². The van der Waals surface area contributed by atoms with Crippen LogP contribution in [-0.4, -0.2) is 36.9 Å². The number of carbonyl (C=O) groups excluding carboxylic acids is 3. The molecule has 3 N–H and O–H groups in total. The Morgan fingerprint density at radius 1 is 0.929 bits per heavy atom. The van der Waals surface area contributed by atoms with Gasteiger partial charge >= 0.3 is 0 Å². The normalized spacial score (nSPS) is 11.2. The molecule has 1 atom stereocenters. The molecule has 0 aromatic heterocycles. The average Bonchev–Trinajstić information content (AvgIpc) is 2.71. The summed E-state index contributed by atoms with van der Waals surface area (Å²) in [5, 5.41) is 7.78. The lowest BCUT2D eigenvalue weighted by atomic mass is 10.2. The molecule has 7 heteroatoms. The fourth-order valence-corrected chi connectivity index (χ4v) is 2.32. The van der Waals surface area contributed by atoms with Crippen molar-refractivity contribution < 1.29 is 19.1 Å². The molecule has 0 spiro atoms. The minimum atomic E-state index is -0.662. The van der Waals surface area contributed by atoms with Crippen molar-refractivity contribution in [1.82, 2.24) is 16.0 Å². The zero-order valence-corrected chi connectivity index (χ0v) is 16.0. The van der Waals surface area contributed by atoms with Gasteiger partial charge in [0.05, 0.1) is 6.54 Å². The Morgan fingerprint density at radius 2 is 1.57 bits per heavy atom. The fraction of sp³-hybridized carbons (Fsp3) is 0.286. The summed E-state index contributed by atoms with van der Waals surface area (Å²) in [4.78, 5) is 35.8. The zero-order valence-electron chi connectivity index (χ0n) is 16.0. The highest BCUT2D eigenvalue weighted by molar-refractivity contribution is 5.97. The maximum absolute atomic E-state index is 12.2. The number of rotatable bonds is 9. The highest BCUT2D eigenvalue weighted by Gasteiger charge is 2.15. The van der Waals surface area contributed by atoms with Crippen LogP contribution in [0.1, 0.15) is 30.6 Å². The third kappa shape index (κ3) is 6.75. The maximum Gasteiger partial charge on any atom is 0.251 e. The highest BCUT2D eigenvalue weighted by Crippen LogP contribution is 2.21. The van der Waals surface area contributed by atoms with Gasteiger partial charge in [-0.05, 0) is 49.7 Å². The SMILES string of the molecule is CCCNC(=O)[C@@H](C)NC(=O)CNC(=O)c1ccc(Oc2ccccc2)cc1. The van der Waals surface area contributed by atoms with E-state index in [-0.39, 0.29) is 18.4 Å². The molecule has 0 aliphatic rings. The van der Waals surface area contributed by atoms with Crippen molar-refractivity contribution >= 4 is 17.7 Å². The van der Waals surface area contributed by atoms with Gasteiger partial charge in [0.2, 0.25) is 11.8 Å². The van der Waals surface area contributed by atoms with E-state index in [1.165, 1.54) is 0 Å². The van der Waals surface area contributed by atoms with E-state index in [1.807, 2.05) is 37.3 Å². The van der Waals surface area contributed by atoms with Crippen molar-refractivity contribution in [3.63, 3.8) is 0 Å². The summed E-state index contributed by atoms with van der Waals surface area (Å²) in [5.74, 6) is 0.234. The largest absolute Gasteiger partial charge is 0.457 e. The topological polar surface area (TPSA) is 96.5 Å². The fourth-order valence-electron chi connectivity index (χ4n) is 2.32. The lowest BCUT2D eigenvalue weighted by molar-refractivity contribution is -0.128. The first-order chi connectivity index (χ1) is 13.5. The van der Waals surface area contributed by atoms with E-state index in [4.69, 9.17) is 4.74 Å². The van der Waals surface area contributed by atoms with Gasteiger partial charge in [-0.15, -0.1) is 0 Å². The third-order valence-corrected chi connectivity index (χ3v) is 3.82. The van der Waals surface area contributed by atoms with Crippen LogP contribution in [0.25, 0.3) is 0 Å². The van der Waals surface area contributed by atoms with Gasteiger partial charge in [0.1, 0.15) is 17.5 Å². The second-order valence-electron chi connectivity index (χ2n) is 6.20. The van der Waals surface area contributed by atoms with Crippen molar-refractivity contribution in [3.8, 4) is 11.5 Å². The van der Waals surface area contributed by atoms with Crippen molar-refractivity contribution in [2.75, 3.05) is 13.1 Å². The standard InChI is InChI=1S/C21H25N3O4/c1-3-13-22-20(26)15(2)24-19(25)14-23-21(27)16-9-11-18(12-10-16)28-17-7-5-4-6-8-17/h4-12,15H,3,13-14H2,1-2H3,(H,22,26)(H,23,27)(H,24,25)/t15-/m1/s1. The van der Waals surface area contributed by atoms with Crippen molar-refractivity contribution in [2.45, 2.75) is 26.3 Å². The van der Waals surface area contributed by atoms with E-state index >= 15 is 0 Å². The summed E-state index contributed by atoms with van der Waals surface area (Å²) >= 11 is 0. The van der Waals surface area contributed by atoms with E-state index in [1.54, 1.807) is 31.2 Å². The number of benzene rings is 2. The van der Waals surface area contributed by atoms with E-state index in [2.05, 4.69) is 16.0 Å². The van der Waals surface area contributed by atoms with E-state index in [9.17, 15) is 14.4 Å². The number of hydrogen-bond acceptors (Lipinski definition) is 4. The molecular formula is C21H25N3O4. The molecular weight excluding hydrogens is 358 g/mol. The van der Waals surface area contributed by atoms with Crippen LogP contribution < -0.4 is 20.7 Å². The van der Waals surface area contributed by atoms with Crippen LogP contribution in [0, 0.1) is 0 Å². The minimum absolute atomic E-state index is 0.216. The molecule has 0 saturated carbocycles. The quantitative estimate of drug-likeness (QED) is 0.619. The van der Waals surface area contributed by atoms with Crippen molar-refractivity contribution in [3.05, 3.63) is 60.2 Å². The molecule has 0 aliphatic carbocycles. The molecule has 0 bridgehead atoms. The van der Waals surface area contributed by atoms with Crippen LogP contribution in [0.15, 0.2) is 54.6 Å². The Balaban J connectivity index is 1.79. The van der Waals surface area contributed by atoms with Gasteiger partial charge in [-0.2, -0.15) is 0 Å². The molecule has 0 unspecified atom stereocenters. The summed E-state index contributed by atoms with van der Waals surface area (Å²) in [6.45, 7) is 3.88. The first-order valence-electron chi connectivity index (χ1n) is 9.18.